The third-order valence-electron chi connectivity index (χ3n) is 4.04. The number of nitrogens with zero attached hydrogens (tertiary/aromatic N) is 1. The Balaban J connectivity index is 1.86. The molecule has 2 aliphatic rings. The first-order chi connectivity index (χ1) is 6.61. The molecule has 82 valence electrons. The molecule has 1 N–H and O–H groups in total. The lowest BCUT2D eigenvalue weighted by Gasteiger charge is -2.25. The van der Waals surface area contributed by atoms with Crippen LogP contribution in [-0.4, -0.2) is 37.1 Å². The zero-order valence-corrected chi connectivity index (χ0v) is 9.84. The summed E-state index contributed by atoms with van der Waals surface area (Å²) >= 11 is 0. The lowest BCUT2D eigenvalue weighted by Crippen LogP contribution is -2.34. The fraction of sp³-hybridized carbons (Fsp3) is 1.00. The van der Waals surface area contributed by atoms with Gasteiger partial charge in [0.2, 0.25) is 0 Å². The number of rotatable bonds is 2. The molecule has 2 nitrogen and oxygen atoms in total. The summed E-state index contributed by atoms with van der Waals surface area (Å²) in [6.45, 7) is 7.44. The standard InChI is InChI=1S/C12H24N2/c1-12(2)6-7-14(9-12)11-5-4-10(8-11)13-3/h10-11,13H,4-9H2,1-3H3. The van der Waals surface area contributed by atoms with Crippen LogP contribution in [0.15, 0.2) is 0 Å². The van der Waals surface area contributed by atoms with E-state index in [2.05, 4.69) is 31.1 Å². The van der Waals surface area contributed by atoms with Gasteiger partial charge in [0.25, 0.3) is 0 Å². The SMILES string of the molecule is CNC1CCC(N2CCC(C)(C)C2)C1. The summed E-state index contributed by atoms with van der Waals surface area (Å²) in [6, 6.07) is 1.65. The molecule has 1 heterocycles. The topological polar surface area (TPSA) is 15.3 Å². The Morgan fingerprint density at radius 2 is 2.07 bits per heavy atom. The molecule has 1 saturated carbocycles. The molecule has 0 radical (unpaired) electrons. The molecule has 0 aromatic heterocycles. The lowest BCUT2D eigenvalue weighted by atomic mass is 9.93. The van der Waals surface area contributed by atoms with Crippen molar-refractivity contribution in [3.63, 3.8) is 0 Å². The van der Waals surface area contributed by atoms with Crippen molar-refractivity contribution >= 4 is 0 Å². The van der Waals surface area contributed by atoms with Gasteiger partial charge in [0.05, 0.1) is 0 Å². The Hall–Kier alpha value is -0.0800. The summed E-state index contributed by atoms with van der Waals surface area (Å²) in [5.74, 6) is 0. The van der Waals surface area contributed by atoms with Crippen molar-refractivity contribution in [1.29, 1.82) is 0 Å². The predicted octanol–water partition coefficient (Wildman–Crippen LogP) is 1.86. The normalized spacial score (nSPS) is 37.9. The second-order valence-electron chi connectivity index (χ2n) is 5.84. The van der Waals surface area contributed by atoms with Crippen LogP contribution >= 0.6 is 0 Å². The summed E-state index contributed by atoms with van der Waals surface area (Å²) in [5, 5.41) is 3.41. The van der Waals surface area contributed by atoms with E-state index in [4.69, 9.17) is 0 Å². The Kier molecular flexibility index (Phi) is 2.85. The van der Waals surface area contributed by atoms with Gasteiger partial charge in [-0.05, 0) is 44.7 Å². The van der Waals surface area contributed by atoms with Gasteiger partial charge in [0.1, 0.15) is 0 Å². The molecule has 14 heavy (non-hydrogen) atoms. The van der Waals surface area contributed by atoms with E-state index in [0.717, 1.165) is 12.1 Å². The molecule has 1 aliphatic heterocycles. The van der Waals surface area contributed by atoms with Crippen LogP contribution in [0.2, 0.25) is 0 Å². The number of likely N-dealkylation sites (tertiary alicyclic amines) is 1. The Labute approximate surface area is 88.1 Å². The van der Waals surface area contributed by atoms with Gasteiger partial charge in [-0.15, -0.1) is 0 Å². The van der Waals surface area contributed by atoms with Crippen LogP contribution in [-0.2, 0) is 0 Å². The second kappa shape index (κ2) is 3.82. The van der Waals surface area contributed by atoms with Gasteiger partial charge in [-0.1, -0.05) is 13.8 Å². The van der Waals surface area contributed by atoms with Crippen molar-refractivity contribution in [2.45, 2.75) is 51.6 Å². The molecule has 2 unspecified atom stereocenters. The first kappa shape index (κ1) is 10.4. The first-order valence-corrected chi connectivity index (χ1v) is 6.02. The smallest absolute Gasteiger partial charge is 0.0111 e. The van der Waals surface area contributed by atoms with Crippen LogP contribution in [0.4, 0.5) is 0 Å². The molecule has 2 heteroatoms. The minimum Gasteiger partial charge on any atom is -0.317 e. The van der Waals surface area contributed by atoms with Crippen molar-refractivity contribution < 1.29 is 0 Å². The highest BCUT2D eigenvalue weighted by molar-refractivity contribution is 4.92. The monoisotopic (exact) mass is 196 g/mol. The van der Waals surface area contributed by atoms with E-state index < -0.39 is 0 Å². The molecule has 2 rings (SSSR count). The van der Waals surface area contributed by atoms with E-state index in [1.807, 2.05) is 0 Å². The molecule has 0 amide bonds. The maximum absolute atomic E-state index is 3.41. The first-order valence-electron chi connectivity index (χ1n) is 6.02. The third-order valence-corrected chi connectivity index (χ3v) is 4.04. The molecule has 0 bridgehead atoms. The van der Waals surface area contributed by atoms with Crippen molar-refractivity contribution in [2.24, 2.45) is 5.41 Å². The highest BCUT2D eigenvalue weighted by Crippen LogP contribution is 2.34. The van der Waals surface area contributed by atoms with E-state index in [1.165, 1.54) is 38.8 Å². The minimum absolute atomic E-state index is 0.567. The molecule has 0 spiro atoms. The van der Waals surface area contributed by atoms with Gasteiger partial charge in [0.15, 0.2) is 0 Å². The quantitative estimate of drug-likeness (QED) is 0.725. The second-order valence-corrected chi connectivity index (χ2v) is 5.84. The highest BCUT2D eigenvalue weighted by atomic mass is 15.2. The Morgan fingerprint density at radius 3 is 2.57 bits per heavy atom. The Bertz CT molecular complexity index is 200. The molecular weight excluding hydrogens is 172 g/mol. The van der Waals surface area contributed by atoms with Crippen LogP contribution in [0.3, 0.4) is 0 Å². The van der Waals surface area contributed by atoms with Gasteiger partial charge < -0.3 is 5.32 Å². The highest BCUT2D eigenvalue weighted by Gasteiger charge is 2.36. The van der Waals surface area contributed by atoms with Crippen LogP contribution in [0, 0.1) is 5.41 Å². The van der Waals surface area contributed by atoms with Crippen LogP contribution in [0.5, 0.6) is 0 Å². The molecular formula is C12H24N2. The van der Waals surface area contributed by atoms with E-state index in [0.29, 0.717) is 5.41 Å². The van der Waals surface area contributed by atoms with Gasteiger partial charge in [-0.25, -0.2) is 0 Å². The Morgan fingerprint density at radius 1 is 1.29 bits per heavy atom. The maximum atomic E-state index is 3.41. The van der Waals surface area contributed by atoms with Crippen molar-refractivity contribution in [2.75, 3.05) is 20.1 Å². The van der Waals surface area contributed by atoms with E-state index in [9.17, 15) is 0 Å². The summed E-state index contributed by atoms with van der Waals surface area (Å²) < 4.78 is 0. The van der Waals surface area contributed by atoms with Crippen LogP contribution in [0.25, 0.3) is 0 Å². The molecule has 0 aromatic rings. The zero-order valence-electron chi connectivity index (χ0n) is 9.84. The van der Waals surface area contributed by atoms with Crippen LogP contribution < -0.4 is 5.32 Å². The molecule has 1 aliphatic carbocycles. The van der Waals surface area contributed by atoms with Gasteiger partial charge in [-0.2, -0.15) is 0 Å². The van der Waals surface area contributed by atoms with E-state index >= 15 is 0 Å². The van der Waals surface area contributed by atoms with Crippen molar-refractivity contribution in [3.05, 3.63) is 0 Å². The predicted molar refractivity (Wildman–Crippen MR) is 60.5 cm³/mol. The van der Waals surface area contributed by atoms with Crippen molar-refractivity contribution in [1.82, 2.24) is 10.2 Å². The van der Waals surface area contributed by atoms with E-state index in [1.54, 1.807) is 0 Å². The fourth-order valence-electron chi connectivity index (χ4n) is 3.02. The summed E-state index contributed by atoms with van der Waals surface area (Å²) in [6.07, 6.45) is 5.53. The fourth-order valence-corrected chi connectivity index (χ4v) is 3.02. The van der Waals surface area contributed by atoms with Gasteiger partial charge in [-0.3, -0.25) is 4.90 Å². The third kappa shape index (κ3) is 2.12. The van der Waals surface area contributed by atoms with Gasteiger partial charge >= 0.3 is 0 Å². The molecule has 2 atom stereocenters. The largest absolute Gasteiger partial charge is 0.317 e. The number of hydrogen-bond acceptors (Lipinski definition) is 2. The average Bonchev–Trinajstić information content (AvgIpc) is 2.70. The minimum atomic E-state index is 0.567. The van der Waals surface area contributed by atoms with Crippen molar-refractivity contribution in [3.8, 4) is 0 Å². The lowest BCUT2D eigenvalue weighted by molar-refractivity contribution is 0.217. The average molecular weight is 196 g/mol. The maximum Gasteiger partial charge on any atom is 0.0111 e. The van der Waals surface area contributed by atoms with E-state index in [-0.39, 0.29) is 0 Å². The summed E-state index contributed by atoms with van der Waals surface area (Å²) in [5.41, 5.74) is 0.567. The van der Waals surface area contributed by atoms with Crippen LogP contribution in [0.1, 0.15) is 39.5 Å². The molecule has 1 saturated heterocycles. The zero-order chi connectivity index (χ0) is 10.2. The summed E-state index contributed by atoms with van der Waals surface area (Å²) in [7, 11) is 2.10. The van der Waals surface area contributed by atoms with Gasteiger partial charge in [0, 0.05) is 18.6 Å². The number of hydrogen-bond donors (Lipinski definition) is 1. The number of nitrogens with one attached hydrogen (secondary N) is 1. The summed E-state index contributed by atoms with van der Waals surface area (Å²) in [4.78, 5) is 2.72. The molecule has 0 aromatic carbocycles. The molecule has 2 fully saturated rings.